The third-order valence-electron chi connectivity index (χ3n) is 4.40. The van der Waals surface area contributed by atoms with Gasteiger partial charge in [0.15, 0.2) is 0 Å². The molecule has 5 nitrogen and oxygen atoms in total. The van der Waals surface area contributed by atoms with Crippen LogP contribution in [0.4, 0.5) is 0 Å². The minimum Gasteiger partial charge on any atom is -0.334 e. The molecule has 1 aliphatic heterocycles. The Morgan fingerprint density at radius 3 is 2.28 bits per heavy atom. The molecule has 3 heterocycles. The molecule has 0 aliphatic carbocycles. The van der Waals surface area contributed by atoms with Gasteiger partial charge in [-0.25, -0.2) is 4.98 Å². The van der Waals surface area contributed by atoms with E-state index in [0.717, 1.165) is 15.8 Å². The Morgan fingerprint density at radius 1 is 0.840 bits per heavy atom. The molecule has 0 bridgehead atoms. The van der Waals surface area contributed by atoms with Crippen LogP contribution in [0.25, 0.3) is 10.9 Å². The van der Waals surface area contributed by atoms with E-state index in [0.29, 0.717) is 31.9 Å². The third kappa shape index (κ3) is 3.13. The minimum absolute atomic E-state index is 0.0472. The Bertz CT molecular complexity index is 915. The number of nitrogens with zero attached hydrogens (tertiary/aromatic N) is 3. The Balaban J connectivity index is 1.44. The summed E-state index contributed by atoms with van der Waals surface area (Å²) in [5, 5.41) is 2.92. The summed E-state index contributed by atoms with van der Waals surface area (Å²) < 4.78 is 0. The molecule has 0 saturated carbocycles. The molecule has 1 fully saturated rings. The lowest BCUT2D eigenvalue weighted by molar-refractivity contribution is 0.0535. The van der Waals surface area contributed by atoms with Crippen LogP contribution in [0.1, 0.15) is 20.2 Å². The maximum Gasteiger partial charge on any atom is 0.272 e. The first kappa shape index (κ1) is 15.8. The van der Waals surface area contributed by atoms with E-state index < -0.39 is 0 Å². The van der Waals surface area contributed by atoms with Crippen molar-refractivity contribution in [3.63, 3.8) is 0 Å². The number of thiophene rings is 1. The van der Waals surface area contributed by atoms with Crippen LogP contribution in [0.5, 0.6) is 0 Å². The lowest BCUT2D eigenvalue weighted by Crippen LogP contribution is -2.50. The fraction of sp³-hybridized carbons (Fsp3) is 0.211. The number of carbonyl (C=O) groups excluding carboxylic acids is 2. The summed E-state index contributed by atoms with van der Waals surface area (Å²) in [6.45, 7) is 2.17. The second-order valence-corrected chi connectivity index (χ2v) is 6.90. The standard InChI is InChI=1S/C19H17N3O2S/c23-18(16-8-7-14-4-1-2-5-15(14)20-16)21-9-11-22(12-10-21)19(24)17-6-3-13-25-17/h1-8,13H,9-12H2. The third-order valence-corrected chi connectivity index (χ3v) is 5.26. The average molecular weight is 351 g/mol. The fourth-order valence-electron chi connectivity index (χ4n) is 3.02. The molecule has 3 aromatic rings. The predicted octanol–water partition coefficient (Wildman–Crippen LogP) is 2.89. The van der Waals surface area contributed by atoms with E-state index in [1.54, 1.807) is 11.0 Å². The average Bonchev–Trinajstić information content (AvgIpc) is 3.21. The second kappa shape index (κ2) is 6.64. The van der Waals surface area contributed by atoms with Gasteiger partial charge in [0.25, 0.3) is 11.8 Å². The van der Waals surface area contributed by atoms with E-state index in [1.165, 1.54) is 11.3 Å². The van der Waals surface area contributed by atoms with Crippen LogP contribution in [0.2, 0.25) is 0 Å². The van der Waals surface area contributed by atoms with Gasteiger partial charge in [0.1, 0.15) is 5.69 Å². The smallest absolute Gasteiger partial charge is 0.272 e. The van der Waals surface area contributed by atoms with Gasteiger partial charge >= 0.3 is 0 Å². The number of aromatic nitrogens is 1. The van der Waals surface area contributed by atoms with Crippen molar-refractivity contribution in [1.29, 1.82) is 0 Å². The number of fused-ring (bicyclic) bond motifs is 1. The van der Waals surface area contributed by atoms with Gasteiger partial charge in [-0.3, -0.25) is 9.59 Å². The number of para-hydroxylation sites is 1. The number of pyridine rings is 1. The van der Waals surface area contributed by atoms with Crippen LogP contribution < -0.4 is 0 Å². The van der Waals surface area contributed by atoms with E-state index in [9.17, 15) is 9.59 Å². The largest absolute Gasteiger partial charge is 0.334 e. The van der Waals surface area contributed by atoms with Gasteiger partial charge in [-0.05, 0) is 23.6 Å². The summed E-state index contributed by atoms with van der Waals surface area (Å²) in [6, 6.07) is 15.2. The number of carbonyl (C=O) groups is 2. The van der Waals surface area contributed by atoms with Gasteiger partial charge < -0.3 is 9.80 Å². The highest BCUT2D eigenvalue weighted by molar-refractivity contribution is 7.12. The highest BCUT2D eigenvalue weighted by Gasteiger charge is 2.26. The number of hydrogen-bond donors (Lipinski definition) is 0. The molecule has 2 aromatic heterocycles. The molecule has 0 unspecified atom stereocenters. The zero-order valence-corrected chi connectivity index (χ0v) is 14.4. The Hall–Kier alpha value is -2.73. The van der Waals surface area contributed by atoms with Crippen molar-refractivity contribution in [3.05, 3.63) is 64.5 Å². The van der Waals surface area contributed by atoms with Gasteiger partial charge in [-0.2, -0.15) is 0 Å². The van der Waals surface area contributed by atoms with E-state index in [1.807, 2.05) is 52.7 Å². The molecule has 0 spiro atoms. The SMILES string of the molecule is O=C(c1ccc2ccccc2n1)N1CCN(C(=O)c2cccs2)CC1. The number of amides is 2. The highest BCUT2D eigenvalue weighted by atomic mass is 32.1. The van der Waals surface area contributed by atoms with Crippen molar-refractivity contribution in [2.75, 3.05) is 26.2 Å². The first-order valence-corrected chi connectivity index (χ1v) is 9.08. The quantitative estimate of drug-likeness (QED) is 0.713. The lowest BCUT2D eigenvalue weighted by Gasteiger charge is -2.34. The molecular formula is C19H17N3O2S. The second-order valence-electron chi connectivity index (χ2n) is 5.95. The van der Waals surface area contributed by atoms with Crippen LogP contribution in [0, 0.1) is 0 Å². The van der Waals surface area contributed by atoms with Crippen molar-refractivity contribution in [3.8, 4) is 0 Å². The number of piperazine rings is 1. The van der Waals surface area contributed by atoms with E-state index in [-0.39, 0.29) is 11.8 Å². The zero-order valence-electron chi connectivity index (χ0n) is 13.6. The van der Waals surface area contributed by atoms with Crippen LogP contribution in [0.15, 0.2) is 53.9 Å². The number of rotatable bonds is 2. The Kier molecular flexibility index (Phi) is 4.19. The Labute approximate surface area is 149 Å². The molecule has 0 atom stereocenters. The maximum absolute atomic E-state index is 12.7. The van der Waals surface area contributed by atoms with Crippen LogP contribution in [0.3, 0.4) is 0 Å². The van der Waals surface area contributed by atoms with Crippen molar-refractivity contribution >= 4 is 34.1 Å². The summed E-state index contributed by atoms with van der Waals surface area (Å²) in [6.07, 6.45) is 0. The van der Waals surface area contributed by atoms with E-state index in [2.05, 4.69) is 4.98 Å². The molecule has 1 aliphatic rings. The van der Waals surface area contributed by atoms with Crippen LogP contribution in [-0.2, 0) is 0 Å². The molecule has 0 N–H and O–H groups in total. The van der Waals surface area contributed by atoms with Gasteiger partial charge in [0, 0.05) is 31.6 Å². The summed E-state index contributed by atoms with van der Waals surface area (Å²) in [5.74, 6) is -0.0279. The first-order chi connectivity index (χ1) is 12.2. The maximum atomic E-state index is 12.7. The number of benzene rings is 1. The van der Waals surface area contributed by atoms with Gasteiger partial charge in [-0.1, -0.05) is 30.3 Å². The van der Waals surface area contributed by atoms with E-state index in [4.69, 9.17) is 0 Å². The van der Waals surface area contributed by atoms with Crippen LogP contribution >= 0.6 is 11.3 Å². The molecule has 2 amide bonds. The van der Waals surface area contributed by atoms with Crippen molar-refractivity contribution in [1.82, 2.24) is 14.8 Å². The molecule has 25 heavy (non-hydrogen) atoms. The van der Waals surface area contributed by atoms with Gasteiger partial charge in [-0.15, -0.1) is 11.3 Å². The topological polar surface area (TPSA) is 53.5 Å². The normalized spacial score (nSPS) is 14.7. The molecule has 1 saturated heterocycles. The summed E-state index contributed by atoms with van der Waals surface area (Å²) in [4.78, 5) is 33.9. The van der Waals surface area contributed by atoms with Gasteiger partial charge in [0.05, 0.1) is 10.4 Å². The first-order valence-electron chi connectivity index (χ1n) is 8.20. The molecule has 0 radical (unpaired) electrons. The Morgan fingerprint density at radius 2 is 1.56 bits per heavy atom. The van der Waals surface area contributed by atoms with Crippen molar-refractivity contribution < 1.29 is 9.59 Å². The van der Waals surface area contributed by atoms with Crippen molar-refractivity contribution in [2.45, 2.75) is 0 Å². The highest BCUT2D eigenvalue weighted by Crippen LogP contribution is 2.16. The molecule has 126 valence electrons. The summed E-state index contributed by atoms with van der Waals surface area (Å²) in [5.41, 5.74) is 1.27. The summed E-state index contributed by atoms with van der Waals surface area (Å²) in [7, 11) is 0. The molecular weight excluding hydrogens is 334 g/mol. The molecule has 1 aromatic carbocycles. The molecule has 4 rings (SSSR count). The fourth-order valence-corrected chi connectivity index (χ4v) is 3.71. The van der Waals surface area contributed by atoms with Gasteiger partial charge in [0.2, 0.25) is 0 Å². The predicted molar refractivity (Wildman–Crippen MR) is 97.9 cm³/mol. The molecule has 6 heteroatoms. The zero-order chi connectivity index (χ0) is 17.2. The summed E-state index contributed by atoms with van der Waals surface area (Å²) >= 11 is 1.45. The van der Waals surface area contributed by atoms with Crippen molar-refractivity contribution in [2.24, 2.45) is 0 Å². The number of hydrogen-bond acceptors (Lipinski definition) is 4. The van der Waals surface area contributed by atoms with E-state index >= 15 is 0 Å². The lowest BCUT2D eigenvalue weighted by atomic mass is 10.2. The minimum atomic E-state index is -0.0750. The van der Waals surface area contributed by atoms with Crippen LogP contribution in [-0.4, -0.2) is 52.8 Å². The monoisotopic (exact) mass is 351 g/mol.